The van der Waals surface area contributed by atoms with Crippen LogP contribution in [-0.2, 0) is 16.1 Å². The molecule has 1 aromatic rings. The maximum atomic E-state index is 12.0. The van der Waals surface area contributed by atoms with Gasteiger partial charge < -0.3 is 14.4 Å². The Morgan fingerprint density at radius 3 is 2.65 bits per heavy atom. The lowest BCUT2D eigenvalue weighted by Gasteiger charge is -2.18. The molecule has 4 nitrogen and oxygen atoms in total. The Hall–Kier alpha value is -1.97. The molecule has 1 heterocycles. The van der Waals surface area contributed by atoms with E-state index in [-0.39, 0.29) is 6.09 Å². The first-order chi connectivity index (χ1) is 9.79. The second-order valence-electron chi connectivity index (χ2n) is 5.41. The van der Waals surface area contributed by atoms with Gasteiger partial charge in [0, 0.05) is 13.1 Å². The lowest BCUT2D eigenvalue weighted by Crippen LogP contribution is -2.31. The third kappa shape index (κ3) is 2.64. The number of hydrogen-bond acceptors (Lipinski definition) is 3. The Balaban J connectivity index is 1.44. The molecule has 0 spiro atoms. The van der Waals surface area contributed by atoms with Crippen molar-refractivity contribution in [3.05, 3.63) is 48.2 Å². The van der Waals surface area contributed by atoms with Gasteiger partial charge >= 0.3 is 6.09 Å². The Labute approximate surface area is 119 Å². The van der Waals surface area contributed by atoms with Crippen molar-refractivity contribution in [2.75, 3.05) is 20.2 Å². The molecule has 0 aromatic heterocycles. The summed E-state index contributed by atoms with van der Waals surface area (Å²) in [6.45, 7) is 1.95. The molecule has 3 rings (SSSR count). The van der Waals surface area contributed by atoms with Crippen molar-refractivity contribution >= 4 is 6.09 Å². The predicted octanol–water partition coefficient (Wildman–Crippen LogP) is 2.66. The van der Waals surface area contributed by atoms with Gasteiger partial charge in [0.1, 0.15) is 6.61 Å². The number of allylic oxidation sites excluding steroid dienone is 1. The SMILES string of the molecule is CO/C=C/[C@H]1[C@H]2CN(C(=O)OCc3ccccc3)C[C@@H]12. The molecule has 106 valence electrons. The third-order valence-electron chi connectivity index (χ3n) is 4.16. The minimum Gasteiger partial charge on any atom is -0.505 e. The second-order valence-corrected chi connectivity index (χ2v) is 5.41. The molecular weight excluding hydrogens is 254 g/mol. The van der Waals surface area contributed by atoms with E-state index < -0.39 is 0 Å². The summed E-state index contributed by atoms with van der Waals surface area (Å²) in [5.41, 5.74) is 1.02. The van der Waals surface area contributed by atoms with Crippen molar-refractivity contribution in [3.8, 4) is 0 Å². The van der Waals surface area contributed by atoms with Crippen LogP contribution in [0.4, 0.5) is 4.79 Å². The number of carbonyl (C=O) groups excluding carboxylic acids is 1. The maximum Gasteiger partial charge on any atom is 0.410 e. The van der Waals surface area contributed by atoms with Crippen molar-refractivity contribution in [1.29, 1.82) is 0 Å². The minimum absolute atomic E-state index is 0.199. The number of carbonyl (C=O) groups is 1. The maximum absolute atomic E-state index is 12.0. The minimum atomic E-state index is -0.199. The number of piperidine rings is 1. The van der Waals surface area contributed by atoms with Gasteiger partial charge in [0.2, 0.25) is 0 Å². The van der Waals surface area contributed by atoms with Crippen LogP contribution in [0.25, 0.3) is 0 Å². The van der Waals surface area contributed by atoms with E-state index in [4.69, 9.17) is 9.47 Å². The van der Waals surface area contributed by atoms with Crippen molar-refractivity contribution in [3.63, 3.8) is 0 Å². The van der Waals surface area contributed by atoms with Crippen LogP contribution in [0, 0.1) is 17.8 Å². The molecule has 1 saturated heterocycles. The average molecular weight is 273 g/mol. The number of methoxy groups -OCH3 is 1. The monoisotopic (exact) mass is 273 g/mol. The van der Waals surface area contributed by atoms with Crippen LogP contribution in [-0.4, -0.2) is 31.2 Å². The molecule has 1 amide bonds. The van der Waals surface area contributed by atoms with Crippen molar-refractivity contribution < 1.29 is 14.3 Å². The molecule has 0 N–H and O–H groups in total. The zero-order valence-corrected chi connectivity index (χ0v) is 11.6. The summed E-state index contributed by atoms with van der Waals surface area (Å²) >= 11 is 0. The number of nitrogens with zero attached hydrogens (tertiary/aromatic N) is 1. The summed E-state index contributed by atoms with van der Waals surface area (Å²) in [6.07, 6.45) is 3.64. The van der Waals surface area contributed by atoms with E-state index in [2.05, 4.69) is 6.08 Å². The molecule has 2 fully saturated rings. The summed E-state index contributed by atoms with van der Waals surface area (Å²) < 4.78 is 10.3. The summed E-state index contributed by atoms with van der Waals surface area (Å²) in [5, 5.41) is 0. The van der Waals surface area contributed by atoms with E-state index in [0.717, 1.165) is 18.7 Å². The Morgan fingerprint density at radius 1 is 1.30 bits per heavy atom. The lowest BCUT2D eigenvalue weighted by atomic mass is 10.2. The van der Waals surface area contributed by atoms with E-state index in [1.54, 1.807) is 13.4 Å². The fourth-order valence-corrected chi connectivity index (χ4v) is 2.99. The molecule has 1 saturated carbocycles. The highest BCUT2D eigenvalue weighted by molar-refractivity contribution is 5.68. The quantitative estimate of drug-likeness (QED) is 0.792. The number of likely N-dealkylation sites (tertiary alicyclic amines) is 1. The molecule has 20 heavy (non-hydrogen) atoms. The average Bonchev–Trinajstić information content (AvgIpc) is 2.93. The van der Waals surface area contributed by atoms with Crippen LogP contribution in [0.5, 0.6) is 0 Å². The van der Waals surface area contributed by atoms with Crippen LogP contribution in [0.15, 0.2) is 42.7 Å². The lowest BCUT2D eigenvalue weighted by molar-refractivity contribution is 0.0994. The molecule has 3 atom stereocenters. The summed E-state index contributed by atoms with van der Waals surface area (Å²) in [4.78, 5) is 13.8. The van der Waals surface area contributed by atoms with Gasteiger partial charge in [-0.3, -0.25) is 0 Å². The number of hydrogen-bond donors (Lipinski definition) is 0. The molecule has 1 aliphatic heterocycles. The summed E-state index contributed by atoms with van der Waals surface area (Å²) in [5.74, 6) is 1.75. The number of fused-ring (bicyclic) bond motifs is 1. The van der Waals surface area contributed by atoms with E-state index in [0.29, 0.717) is 24.4 Å². The molecule has 1 aliphatic carbocycles. The fraction of sp³-hybridized carbons (Fsp3) is 0.438. The molecule has 0 unspecified atom stereocenters. The van der Waals surface area contributed by atoms with Gasteiger partial charge in [0.15, 0.2) is 0 Å². The van der Waals surface area contributed by atoms with Gasteiger partial charge in [0.25, 0.3) is 0 Å². The van der Waals surface area contributed by atoms with Crippen LogP contribution in [0.1, 0.15) is 5.56 Å². The van der Waals surface area contributed by atoms with Gasteiger partial charge in [0.05, 0.1) is 13.4 Å². The predicted molar refractivity (Wildman–Crippen MR) is 74.8 cm³/mol. The summed E-state index contributed by atoms with van der Waals surface area (Å²) in [7, 11) is 1.65. The molecule has 4 heteroatoms. The van der Waals surface area contributed by atoms with Crippen molar-refractivity contribution in [2.24, 2.45) is 17.8 Å². The second kappa shape index (κ2) is 5.57. The highest BCUT2D eigenvalue weighted by atomic mass is 16.6. The molecular formula is C16H19NO3. The zero-order chi connectivity index (χ0) is 13.9. The fourth-order valence-electron chi connectivity index (χ4n) is 2.99. The smallest absolute Gasteiger partial charge is 0.410 e. The number of ether oxygens (including phenoxy) is 2. The molecule has 0 radical (unpaired) electrons. The Bertz CT molecular complexity index is 488. The van der Waals surface area contributed by atoms with E-state index in [1.807, 2.05) is 35.2 Å². The Morgan fingerprint density at radius 2 is 2.00 bits per heavy atom. The van der Waals surface area contributed by atoms with Gasteiger partial charge in [-0.05, 0) is 29.4 Å². The zero-order valence-electron chi connectivity index (χ0n) is 11.6. The first-order valence-electron chi connectivity index (χ1n) is 6.94. The van der Waals surface area contributed by atoms with Crippen LogP contribution < -0.4 is 0 Å². The highest BCUT2D eigenvalue weighted by Gasteiger charge is 2.55. The van der Waals surface area contributed by atoms with Gasteiger partial charge in [-0.1, -0.05) is 30.3 Å². The standard InChI is InChI=1S/C16H19NO3/c1-19-8-7-13-14-9-17(10-15(13)14)16(18)20-11-12-5-3-2-4-6-12/h2-8,13-15H,9-11H2,1H3/b8-7+/t13-,14+,15-. The van der Waals surface area contributed by atoms with Gasteiger partial charge in [-0.2, -0.15) is 0 Å². The number of amides is 1. The van der Waals surface area contributed by atoms with Gasteiger partial charge in [-0.25, -0.2) is 4.79 Å². The van der Waals surface area contributed by atoms with E-state index >= 15 is 0 Å². The molecule has 2 aliphatic rings. The van der Waals surface area contributed by atoms with E-state index in [1.165, 1.54) is 0 Å². The van der Waals surface area contributed by atoms with Crippen molar-refractivity contribution in [1.82, 2.24) is 4.90 Å². The number of benzene rings is 1. The van der Waals surface area contributed by atoms with Gasteiger partial charge in [-0.15, -0.1) is 0 Å². The summed E-state index contributed by atoms with van der Waals surface area (Å²) in [6, 6.07) is 9.76. The first-order valence-corrected chi connectivity index (χ1v) is 6.94. The molecule has 1 aromatic carbocycles. The van der Waals surface area contributed by atoms with E-state index in [9.17, 15) is 4.79 Å². The normalized spacial score (nSPS) is 27.4. The highest BCUT2D eigenvalue weighted by Crippen LogP contribution is 2.52. The van der Waals surface area contributed by atoms with Crippen LogP contribution in [0.2, 0.25) is 0 Å². The van der Waals surface area contributed by atoms with Crippen LogP contribution in [0.3, 0.4) is 0 Å². The Kier molecular flexibility index (Phi) is 3.63. The van der Waals surface area contributed by atoms with Crippen LogP contribution >= 0.6 is 0 Å². The third-order valence-corrected chi connectivity index (χ3v) is 4.16. The first kappa shape index (κ1) is 13.0. The molecule has 0 bridgehead atoms. The number of rotatable bonds is 4. The topological polar surface area (TPSA) is 38.8 Å². The largest absolute Gasteiger partial charge is 0.505 e. The van der Waals surface area contributed by atoms with Crippen molar-refractivity contribution in [2.45, 2.75) is 6.61 Å².